The molecule has 2 heterocycles. The van der Waals surface area contributed by atoms with Gasteiger partial charge >= 0.3 is 0 Å². The van der Waals surface area contributed by atoms with Crippen molar-refractivity contribution in [3.63, 3.8) is 0 Å². The second-order valence-corrected chi connectivity index (χ2v) is 7.36. The van der Waals surface area contributed by atoms with E-state index in [0.717, 1.165) is 41.8 Å². The molecular weight excluding hydrogens is 350 g/mol. The standard InChI is InChI=1S/C22H25N5O/c1-15(28)20(23)21(16-7-3-2-4-8-16)27-12-11-17(13-27)26-22-18-9-5-6-10-19(18)24-14-25-22/h2-10,14,17,20-21H,11-13,23H2,1H3,(H,24,25,26). The number of carbonyl (C=O) groups excluding carboxylic acids is 1. The van der Waals surface area contributed by atoms with E-state index in [1.807, 2.05) is 54.6 Å². The number of anilines is 1. The normalized spacial score (nSPS) is 19.4. The van der Waals surface area contributed by atoms with E-state index in [4.69, 9.17) is 5.73 Å². The summed E-state index contributed by atoms with van der Waals surface area (Å²) in [4.78, 5) is 23.1. The lowest BCUT2D eigenvalue weighted by Crippen LogP contribution is -2.44. The van der Waals surface area contributed by atoms with Gasteiger partial charge in [-0.2, -0.15) is 0 Å². The van der Waals surface area contributed by atoms with E-state index in [-0.39, 0.29) is 17.9 Å². The molecule has 28 heavy (non-hydrogen) atoms. The molecule has 0 bridgehead atoms. The lowest BCUT2D eigenvalue weighted by Gasteiger charge is -2.32. The fraction of sp³-hybridized carbons (Fsp3) is 0.318. The van der Waals surface area contributed by atoms with Gasteiger partial charge in [-0.1, -0.05) is 42.5 Å². The van der Waals surface area contributed by atoms with Gasteiger partial charge in [0.1, 0.15) is 17.9 Å². The minimum absolute atomic E-state index is 0.00653. The van der Waals surface area contributed by atoms with Crippen molar-refractivity contribution in [2.75, 3.05) is 18.4 Å². The summed E-state index contributed by atoms with van der Waals surface area (Å²) < 4.78 is 0. The molecule has 6 nitrogen and oxygen atoms in total. The topological polar surface area (TPSA) is 84.1 Å². The van der Waals surface area contributed by atoms with E-state index in [1.165, 1.54) is 0 Å². The largest absolute Gasteiger partial charge is 0.365 e. The van der Waals surface area contributed by atoms with E-state index in [2.05, 4.69) is 20.2 Å². The van der Waals surface area contributed by atoms with Crippen LogP contribution in [0.3, 0.4) is 0 Å². The summed E-state index contributed by atoms with van der Waals surface area (Å²) in [7, 11) is 0. The highest BCUT2D eigenvalue weighted by Crippen LogP contribution is 2.29. The van der Waals surface area contributed by atoms with Gasteiger partial charge in [-0.05, 0) is 31.0 Å². The molecular formula is C22H25N5O. The molecule has 0 saturated carbocycles. The summed E-state index contributed by atoms with van der Waals surface area (Å²) in [6, 6.07) is 17.6. The molecule has 1 aromatic heterocycles. The number of fused-ring (bicyclic) bond motifs is 1. The van der Waals surface area contributed by atoms with Crippen LogP contribution in [0.4, 0.5) is 5.82 Å². The number of likely N-dealkylation sites (tertiary alicyclic amines) is 1. The van der Waals surface area contributed by atoms with Gasteiger partial charge < -0.3 is 11.1 Å². The minimum atomic E-state index is -0.541. The van der Waals surface area contributed by atoms with Crippen LogP contribution in [0, 0.1) is 0 Å². The van der Waals surface area contributed by atoms with Crippen molar-refractivity contribution in [2.24, 2.45) is 5.73 Å². The van der Waals surface area contributed by atoms with E-state index in [0.29, 0.717) is 0 Å². The molecule has 1 fully saturated rings. The molecule has 144 valence electrons. The number of Topliss-reactive ketones (excluding diaryl/α,β-unsaturated/α-hetero) is 1. The Morgan fingerprint density at radius 2 is 1.89 bits per heavy atom. The Morgan fingerprint density at radius 1 is 1.14 bits per heavy atom. The first-order chi connectivity index (χ1) is 13.6. The van der Waals surface area contributed by atoms with Crippen molar-refractivity contribution < 1.29 is 4.79 Å². The smallest absolute Gasteiger partial charge is 0.148 e. The van der Waals surface area contributed by atoms with Crippen molar-refractivity contribution >= 4 is 22.5 Å². The monoisotopic (exact) mass is 375 g/mol. The molecule has 3 aromatic rings. The second-order valence-electron chi connectivity index (χ2n) is 7.36. The van der Waals surface area contributed by atoms with E-state index >= 15 is 0 Å². The lowest BCUT2D eigenvalue weighted by molar-refractivity contribution is -0.119. The third-order valence-electron chi connectivity index (χ3n) is 5.45. The Morgan fingerprint density at radius 3 is 2.68 bits per heavy atom. The van der Waals surface area contributed by atoms with Gasteiger partial charge in [0, 0.05) is 24.5 Å². The van der Waals surface area contributed by atoms with Gasteiger partial charge in [-0.25, -0.2) is 9.97 Å². The molecule has 0 spiro atoms. The summed E-state index contributed by atoms with van der Waals surface area (Å²) in [5, 5.41) is 4.59. The van der Waals surface area contributed by atoms with Crippen LogP contribution in [0.15, 0.2) is 60.9 Å². The maximum absolute atomic E-state index is 12.0. The maximum Gasteiger partial charge on any atom is 0.148 e. The zero-order chi connectivity index (χ0) is 19.5. The van der Waals surface area contributed by atoms with Crippen LogP contribution < -0.4 is 11.1 Å². The SMILES string of the molecule is CC(=O)C(N)C(c1ccccc1)N1CCC(Nc2ncnc3ccccc23)C1. The third kappa shape index (κ3) is 3.74. The molecule has 0 amide bonds. The molecule has 6 heteroatoms. The number of nitrogens with two attached hydrogens (primary N) is 1. The Kier molecular flexibility index (Phi) is 5.32. The summed E-state index contributed by atoms with van der Waals surface area (Å²) in [5.74, 6) is 0.858. The number of aromatic nitrogens is 2. The van der Waals surface area contributed by atoms with Crippen molar-refractivity contribution in [2.45, 2.75) is 31.5 Å². The predicted molar refractivity (Wildman–Crippen MR) is 111 cm³/mol. The van der Waals surface area contributed by atoms with E-state index in [9.17, 15) is 4.79 Å². The van der Waals surface area contributed by atoms with Gasteiger partial charge in [0.2, 0.25) is 0 Å². The van der Waals surface area contributed by atoms with Crippen LogP contribution in [-0.2, 0) is 4.79 Å². The fourth-order valence-corrected chi connectivity index (χ4v) is 3.99. The summed E-state index contributed by atoms with van der Waals surface area (Å²) >= 11 is 0. The molecule has 1 aliphatic rings. The molecule has 0 aliphatic carbocycles. The number of rotatable bonds is 6. The quantitative estimate of drug-likeness (QED) is 0.689. The Labute approximate surface area is 164 Å². The van der Waals surface area contributed by atoms with Gasteiger partial charge in [-0.3, -0.25) is 9.69 Å². The summed E-state index contributed by atoms with van der Waals surface area (Å²) in [5.41, 5.74) is 8.32. The first kappa shape index (κ1) is 18.5. The van der Waals surface area contributed by atoms with Crippen molar-refractivity contribution in [1.82, 2.24) is 14.9 Å². The van der Waals surface area contributed by atoms with Crippen LogP contribution in [0.2, 0.25) is 0 Å². The van der Waals surface area contributed by atoms with Gasteiger partial charge in [0.15, 0.2) is 0 Å². The van der Waals surface area contributed by atoms with Gasteiger partial charge in [-0.15, -0.1) is 0 Å². The van der Waals surface area contributed by atoms with Gasteiger partial charge in [0.05, 0.1) is 17.6 Å². The maximum atomic E-state index is 12.0. The number of carbonyl (C=O) groups is 1. The van der Waals surface area contributed by atoms with Crippen LogP contribution in [0.25, 0.3) is 10.9 Å². The average Bonchev–Trinajstić information content (AvgIpc) is 3.17. The molecule has 1 aliphatic heterocycles. The van der Waals surface area contributed by atoms with E-state index in [1.54, 1.807) is 13.3 Å². The Balaban J connectivity index is 1.54. The number of hydrogen-bond donors (Lipinski definition) is 2. The predicted octanol–water partition coefficient (Wildman–Crippen LogP) is 2.77. The van der Waals surface area contributed by atoms with Crippen molar-refractivity contribution in [3.8, 4) is 0 Å². The van der Waals surface area contributed by atoms with Crippen molar-refractivity contribution in [1.29, 1.82) is 0 Å². The second kappa shape index (κ2) is 8.04. The number of hydrogen-bond acceptors (Lipinski definition) is 6. The first-order valence-electron chi connectivity index (χ1n) is 9.65. The summed E-state index contributed by atoms with van der Waals surface area (Å²) in [6.07, 6.45) is 2.56. The molecule has 3 unspecified atom stereocenters. The molecule has 4 rings (SSSR count). The zero-order valence-electron chi connectivity index (χ0n) is 16.0. The Bertz CT molecular complexity index is 956. The first-order valence-corrected chi connectivity index (χ1v) is 9.65. The van der Waals surface area contributed by atoms with Crippen LogP contribution in [0.1, 0.15) is 24.9 Å². The molecule has 3 N–H and O–H groups in total. The highest BCUT2D eigenvalue weighted by molar-refractivity contribution is 5.88. The average molecular weight is 375 g/mol. The Hall–Kier alpha value is -2.83. The lowest BCUT2D eigenvalue weighted by atomic mass is 9.96. The van der Waals surface area contributed by atoms with Crippen LogP contribution in [0.5, 0.6) is 0 Å². The fourth-order valence-electron chi connectivity index (χ4n) is 3.99. The van der Waals surface area contributed by atoms with Gasteiger partial charge in [0.25, 0.3) is 0 Å². The number of ketones is 1. The molecule has 3 atom stereocenters. The number of para-hydroxylation sites is 1. The number of nitrogens with one attached hydrogen (secondary N) is 1. The number of nitrogens with zero attached hydrogens (tertiary/aromatic N) is 3. The summed E-state index contributed by atoms with van der Waals surface area (Å²) in [6.45, 7) is 3.25. The highest BCUT2D eigenvalue weighted by atomic mass is 16.1. The number of benzene rings is 2. The molecule has 2 aromatic carbocycles. The molecule has 1 saturated heterocycles. The van der Waals surface area contributed by atoms with Crippen LogP contribution in [-0.4, -0.2) is 45.8 Å². The minimum Gasteiger partial charge on any atom is -0.365 e. The molecule has 0 radical (unpaired) electrons. The third-order valence-corrected chi connectivity index (χ3v) is 5.45. The zero-order valence-corrected chi connectivity index (χ0v) is 16.0. The van der Waals surface area contributed by atoms with Crippen LogP contribution >= 0.6 is 0 Å². The van der Waals surface area contributed by atoms with E-state index < -0.39 is 6.04 Å². The highest BCUT2D eigenvalue weighted by Gasteiger charge is 2.34. The van der Waals surface area contributed by atoms with Crippen molar-refractivity contribution in [3.05, 3.63) is 66.5 Å².